The quantitative estimate of drug-likeness (QED) is 0.600. The molecule has 2 nitrogen and oxygen atoms in total. The highest BCUT2D eigenvalue weighted by atomic mass is 14.9. The minimum absolute atomic E-state index is 0.978. The van der Waals surface area contributed by atoms with E-state index in [0.29, 0.717) is 0 Å². The van der Waals surface area contributed by atoms with Gasteiger partial charge in [0, 0.05) is 30.2 Å². The van der Waals surface area contributed by atoms with Crippen LogP contribution in [0.25, 0.3) is 10.9 Å². The van der Waals surface area contributed by atoms with Gasteiger partial charge in [-0.05, 0) is 37.1 Å². The summed E-state index contributed by atoms with van der Waals surface area (Å²) in [7, 11) is 0. The second kappa shape index (κ2) is 8.89. The van der Waals surface area contributed by atoms with Crippen LogP contribution in [0.4, 0.5) is 0 Å². The first-order valence-corrected chi connectivity index (χ1v) is 8.64. The van der Waals surface area contributed by atoms with E-state index in [-0.39, 0.29) is 0 Å². The van der Waals surface area contributed by atoms with Gasteiger partial charge >= 0.3 is 0 Å². The molecule has 0 radical (unpaired) electrons. The van der Waals surface area contributed by atoms with Gasteiger partial charge in [-0.3, -0.25) is 0 Å². The number of unbranched alkanes of at least 4 members (excludes halogenated alkanes) is 4. The van der Waals surface area contributed by atoms with Crippen molar-refractivity contribution in [3.05, 3.63) is 36.0 Å². The van der Waals surface area contributed by atoms with Crippen LogP contribution in [0.5, 0.6) is 0 Å². The summed E-state index contributed by atoms with van der Waals surface area (Å²) in [5.41, 5.74) is 2.81. The lowest BCUT2D eigenvalue weighted by atomic mass is 10.1. The monoisotopic (exact) mass is 286 g/mol. The van der Waals surface area contributed by atoms with Crippen molar-refractivity contribution < 1.29 is 0 Å². The third-order valence-corrected chi connectivity index (χ3v) is 4.15. The zero-order valence-electron chi connectivity index (χ0n) is 13.7. The molecule has 2 aromatic rings. The van der Waals surface area contributed by atoms with Crippen LogP contribution in [0, 0.1) is 0 Å². The van der Waals surface area contributed by atoms with Crippen molar-refractivity contribution in [2.24, 2.45) is 0 Å². The van der Waals surface area contributed by atoms with Crippen LogP contribution >= 0.6 is 0 Å². The van der Waals surface area contributed by atoms with Crippen molar-refractivity contribution in [3.63, 3.8) is 0 Å². The maximum absolute atomic E-state index is 3.51. The van der Waals surface area contributed by atoms with E-state index in [1.807, 2.05) is 0 Å². The van der Waals surface area contributed by atoms with Gasteiger partial charge < -0.3 is 9.88 Å². The van der Waals surface area contributed by atoms with Crippen molar-refractivity contribution in [2.45, 2.75) is 65.5 Å². The predicted octanol–water partition coefficient (Wildman–Crippen LogP) is 5.11. The topological polar surface area (TPSA) is 17.0 Å². The molecule has 0 aliphatic rings. The number of hydrogen-bond donors (Lipinski definition) is 1. The summed E-state index contributed by atoms with van der Waals surface area (Å²) >= 11 is 0. The fourth-order valence-corrected chi connectivity index (χ4v) is 2.92. The second-order valence-electron chi connectivity index (χ2n) is 5.95. The summed E-state index contributed by atoms with van der Waals surface area (Å²) in [4.78, 5) is 0. The fourth-order valence-electron chi connectivity index (χ4n) is 2.92. The van der Waals surface area contributed by atoms with Gasteiger partial charge in [0.05, 0.1) is 0 Å². The van der Waals surface area contributed by atoms with Crippen LogP contribution in [0.1, 0.15) is 57.9 Å². The minimum Gasteiger partial charge on any atom is -0.347 e. The number of aryl methyl sites for hydroxylation is 1. The SMILES string of the molecule is CCCCCCCn1ccc2c(CNCCC)cccc21. The lowest BCUT2D eigenvalue weighted by Gasteiger charge is -2.08. The molecule has 0 aliphatic heterocycles. The molecule has 0 fully saturated rings. The molecule has 2 rings (SSSR count). The van der Waals surface area contributed by atoms with E-state index in [9.17, 15) is 0 Å². The van der Waals surface area contributed by atoms with Crippen molar-refractivity contribution in [1.29, 1.82) is 0 Å². The molecule has 0 unspecified atom stereocenters. The van der Waals surface area contributed by atoms with Gasteiger partial charge in [-0.15, -0.1) is 0 Å². The van der Waals surface area contributed by atoms with Crippen LogP contribution in [-0.4, -0.2) is 11.1 Å². The highest BCUT2D eigenvalue weighted by Gasteiger charge is 2.05. The van der Waals surface area contributed by atoms with Crippen LogP contribution in [0.15, 0.2) is 30.5 Å². The van der Waals surface area contributed by atoms with Crippen LogP contribution < -0.4 is 5.32 Å². The van der Waals surface area contributed by atoms with Gasteiger partial charge in [0.1, 0.15) is 0 Å². The molecular weight excluding hydrogens is 256 g/mol. The Morgan fingerprint density at radius 3 is 2.62 bits per heavy atom. The zero-order chi connectivity index (χ0) is 14.9. The van der Waals surface area contributed by atoms with Gasteiger partial charge in [-0.2, -0.15) is 0 Å². The first kappa shape index (κ1) is 16.1. The molecule has 1 aromatic carbocycles. The number of aromatic nitrogens is 1. The molecule has 0 bridgehead atoms. The molecule has 0 amide bonds. The largest absolute Gasteiger partial charge is 0.347 e. The number of rotatable bonds is 10. The predicted molar refractivity (Wildman–Crippen MR) is 92.7 cm³/mol. The Bertz CT molecular complexity index is 527. The molecule has 21 heavy (non-hydrogen) atoms. The smallest absolute Gasteiger partial charge is 0.0483 e. The first-order valence-electron chi connectivity index (χ1n) is 8.64. The summed E-state index contributed by atoms with van der Waals surface area (Å²) in [5, 5.41) is 4.92. The van der Waals surface area contributed by atoms with E-state index < -0.39 is 0 Å². The van der Waals surface area contributed by atoms with E-state index in [1.165, 1.54) is 55.0 Å². The Labute approximate surface area is 129 Å². The van der Waals surface area contributed by atoms with Crippen LogP contribution in [0.3, 0.4) is 0 Å². The number of nitrogens with one attached hydrogen (secondary N) is 1. The second-order valence-corrected chi connectivity index (χ2v) is 5.95. The Morgan fingerprint density at radius 1 is 0.952 bits per heavy atom. The standard InChI is InChI=1S/C19H30N2/c1-3-5-6-7-8-14-21-15-12-18-17(16-20-13-4-2)10-9-11-19(18)21/h9-12,15,20H,3-8,13-14,16H2,1-2H3. The van der Waals surface area contributed by atoms with Gasteiger partial charge in [0.25, 0.3) is 0 Å². The molecule has 1 aromatic heterocycles. The fraction of sp³-hybridized carbons (Fsp3) is 0.579. The lowest BCUT2D eigenvalue weighted by Crippen LogP contribution is -2.13. The molecule has 2 heteroatoms. The van der Waals surface area contributed by atoms with Crippen molar-refractivity contribution in [2.75, 3.05) is 6.54 Å². The third kappa shape index (κ3) is 4.60. The number of fused-ring (bicyclic) bond motifs is 1. The van der Waals surface area contributed by atoms with E-state index >= 15 is 0 Å². The Hall–Kier alpha value is -1.28. The molecule has 0 atom stereocenters. The lowest BCUT2D eigenvalue weighted by molar-refractivity contribution is 0.577. The summed E-state index contributed by atoms with van der Waals surface area (Å²) < 4.78 is 2.42. The average molecular weight is 286 g/mol. The summed E-state index contributed by atoms with van der Waals surface area (Å²) in [5.74, 6) is 0. The summed E-state index contributed by atoms with van der Waals surface area (Å²) in [6, 6.07) is 8.98. The molecule has 0 saturated heterocycles. The van der Waals surface area contributed by atoms with E-state index in [4.69, 9.17) is 0 Å². The van der Waals surface area contributed by atoms with Gasteiger partial charge in [0.15, 0.2) is 0 Å². The zero-order valence-corrected chi connectivity index (χ0v) is 13.7. The van der Waals surface area contributed by atoms with E-state index in [1.54, 1.807) is 0 Å². The van der Waals surface area contributed by atoms with Crippen molar-refractivity contribution in [1.82, 2.24) is 9.88 Å². The maximum atomic E-state index is 3.51. The Balaban J connectivity index is 1.97. The van der Waals surface area contributed by atoms with Gasteiger partial charge in [0.2, 0.25) is 0 Å². The Kier molecular flexibility index (Phi) is 6.81. The molecule has 0 aliphatic carbocycles. The third-order valence-electron chi connectivity index (χ3n) is 4.15. The van der Waals surface area contributed by atoms with Crippen molar-refractivity contribution >= 4 is 10.9 Å². The van der Waals surface area contributed by atoms with Crippen molar-refractivity contribution in [3.8, 4) is 0 Å². The maximum Gasteiger partial charge on any atom is 0.0483 e. The molecular formula is C19H30N2. The van der Waals surface area contributed by atoms with E-state index in [2.05, 4.69) is 54.2 Å². The molecule has 116 valence electrons. The Morgan fingerprint density at radius 2 is 1.81 bits per heavy atom. The minimum atomic E-state index is 0.978. The first-order chi connectivity index (χ1) is 10.4. The van der Waals surface area contributed by atoms with Gasteiger partial charge in [-0.25, -0.2) is 0 Å². The average Bonchev–Trinajstić information content (AvgIpc) is 2.91. The number of benzene rings is 1. The van der Waals surface area contributed by atoms with Crippen LogP contribution in [-0.2, 0) is 13.1 Å². The highest BCUT2D eigenvalue weighted by Crippen LogP contribution is 2.21. The molecule has 1 N–H and O–H groups in total. The normalized spacial score (nSPS) is 11.3. The molecule has 1 heterocycles. The summed E-state index contributed by atoms with van der Waals surface area (Å²) in [6.45, 7) is 7.70. The van der Waals surface area contributed by atoms with E-state index in [0.717, 1.165) is 19.6 Å². The number of nitrogens with zero attached hydrogens (tertiary/aromatic N) is 1. The highest BCUT2D eigenvalue weighted by molar-refractivity contribution is 5.83. The van der Waals surface area contributed by atoms with Gasteiger partial charge in [-0.1, -0.05) is 51.7 Å². The molecule has 0 spiro atoms. The summed E-state index contributed by atoms with van der Waals surface area (Å²) in [6.07, 6.45) is 10.2. The van der Waals surface area contributed by atoms with Crippen LogP contribution in [0.2, 0.25) is 0 Å². The number of hydrogen-bond acceptors (Lipinski definition) is 1. The molecule has 0 saturated carbocycles.